The molecule has 9 nitrogen and oxygen atoms in total. The summed E-state index contributed by atoms with van der Waals surface area (Å²) in [7, 11) is 1.43. The zero-order valence-corrected chi connectivity index (χ0v) is 16.9. The van der Waals surface area contributed by atoms with E-state index >= 15 is 0 Å². The van der Waals surface area contributed by atoms with Gasteiger partial charge in [0, 0.05) is 25.5 Å². The maximum atomic E-state index is 12.1. The van der Waals surface area contributed by atoms with Crippen molar-refractivity contribution >= 4 is 22.6 Å². The van der Waals surface area contributed by atoms with Crippen molar-refractivity contribution in [1.29, 1.82) is 0 Å². The third kappa shape index (κ3) is 4.13. The second-order valence-corrected chi connectivity index (χ2v) is 7.63. The monoisotopic (exact) mass is 407 g/mol. The Balaban J connectivity index is 1.93. The van der Waals surface area contributed by atoms with Crippen molar-refractivity contribution in [2.24, 2.45) is 0 Å². The van der Waals surface area contributed by atoms with Crippen LogP contribution >= 0.6 is 0 Å². The highest BCUT2D eigenvalue weighted by Crippen LogP contribution is 2.34. The molecule has 0 spiro atoms. The van der Waals surface area contributed by atoms with Gasteiger partial charge in [-0.05, 0) is 38.5 Å². The van der Waals surface area contributed by atoms with Gasteiger partial charge in [-0.15, -0.1) is 0 Å². The van der Waals surface area contributed by atoms with Gasteiger partial charge >= 0.3 is 5.63 Å². The van der Waals surface area contributed by atoms with Gasteiger partial charge in [-0.2, -0.15) is 0 Å². The van der Waals surface area contributed by atoms with E-state index in [1.54, 1.807) is 26.8 Å². The smallest absolute Gasteiger partial charge is 0.360 e. The lowest BCUT2D eigenvalue weighted by Gasteiger charge is -2.46. The Hall–Kier alpha value is -2.46. The Morgan fingerprint density at radius 1 is 1.21 bits per heavy atom. The number of carbonyl (C=O) groups excluding carboxylic acids is 1. The van der Waals surface area contributed by atoms with Crippen molar-refractivity contribution in [1.82, 2.24) is 0 Å². The molecule has 0 saturated carbocycles. The molecule has 2 aromatic rings. The fourth-order valence-corrected chi connectivity index (χ4v) is 3.50. The minimum Gasteiger partial charge on any atom is -0.462 e. The second kappa shape index (κ2) is 7.75. The van der Waals surface area contributed by atoms with Crippen LogP contribution < -0.4 is 15.7 Å². The molecular formula is C20H25NO8. The predicted octanol–water partition coefficient (Wildman–Crippen LogP) is 1.31. The van der Waals surface area contributed by atoms with Gasteiger partial charge in [-0.1, -0.05) is 0 Å². The summed E-state index contributed by atoms with van der Waals surface area (Å²) in [6.45, 7) is 6.52. The van der Waals surface area contributed by atoms with Gasteiger partial charge in [0.2, 0.25) is 12.2 Å². The van der Waals surface area contributed by atoms with Crippen molar-refractivity contribution in [3.05, 3.63) is 34.2 Å². The van der Waals surface area contributed by atoms with Crippen molar-refractivity contribution in [3.8, 4) is 5.75 Å². The minimum absolute atomic E-state index is 0.0413. The first-order valence-electron chi connectivity index (χ1n) is 9.13. The molecular weight excluding hydrogens is 382 g/mol. The molecule has 0 bridgehead atoms. The lowest BCUT2D eigenvalue weighted by molar-refractivity contribution is -0.306. The third-order valence-electron chi connectivity index (χ3n) is 4.88. The van der Waals surface area contributed by atoms with E-state index in [1.807, 2.05) is 0 Å². The molecule has 3 N–H and O–H groups in total. The quantitative estimate of drug-likeness (QED) is 0.648. The molecule has 1 aromatic heterocycles. The van der Waals surface area contributed by atoms with Gasteiger partial charge in [-0.25, -0.2) is 4.79 Å². The summed E-state index contributed by atoms with van der Waals surface area (Å²) >= 11 is 0. The summed E-state index contributed by atoms with van der Waals surface area (Å²) in [6, 6.07) is 4.73. The molecule has 0 radical (unpaired) electrons. The second-order valence-electron chi connectivity index (χ2n) is 7.63. The zero-order valence-electron chi connectivity index (χ0n) is 16.9. The number of benzene rings is 1. The van der Waals surface area contributed by atoms with E-state index in [0.29, 0.717) is 16.7 Å². The Morgan fingerprint density at radius 3 is 2.52 bits per heavy atom. The summed E-state index contributed by atoms with van der Waals surface area (Å²) in [4.78, 5) is 23.3. The minimum atomic E-state index is -1.35. The summed E-state index contributed by atoms with van der Waals surface area (Å²) in [5.41, 5.74) is -0.653. The number of anilines is 1. The molecule has 1 amide bonds. The van der Waals surface area contributed by atoms with Crippen LogP contribution in [0.3, 0.4) is 0 Å². The molecule has 1 unspecified atom stereocenters. The van der Waals surface area contributed by atoms with Crippen LogP contribution in [0.25, 0.3) is 11.0 Å². The Bertz CT molecular complexity index is 982. The molecule has 3 rings (SSSR count). The Morgan fingerprint density at radius 2 is 1.90 bits per heavy atom. The lowest BCUT2D eigenvalue weighted by Crippen LogP contribution is -2.63. The maximum absolute atomic E-state index is 12.1. The largest absolute Gasteiger partial charge is 0.462 e. The molecule has 158 valence electrons. The molecule has 29 heavy (non-hydrogen) atoms. The number of rotatable bonds is 4. The molecule has 1 aliphatic rings. The zero-order chi connectivity index (χ0) is 21.5. The van der Waals surface area contributed by atoms with Gasteiger partial charge < -0.3 is 34.2 Å². The molecule has 2 heterocycles. The first-order chi connectivity index (χ1) is 13.5. The average molecular weight is 407 g/mol. The molecule has 1 aromatic carbocycles. The third-order valence-corrected chi connectivity index (χ3v) is 4.88. The highest BCUT2D eigenvalue weighted by atomic mass is 16.7. The normalized spacial score (nSPS) is 26.3. The number of carbonyl (C=O) groups is 1. The number of methoxy groups -OCH3 is 1. The fraction of sp³-hybridized carbons (Fsp3) is 0.500. The van der Waals surface area contributed by atoms with Gasteiger partial charge in [0.1, 0.15) is 35.3 Å². The highest BCUT2D eigenvalue weighted by Gasteiger charge is 2.50. The number of fused-ring (bicyclic) bond motifs is 1. The number of hydrogen-bond acceptors (Lipinski definition) is 8. The van der Waals surface area contributed by atoms with Crippen LogP contribution in [0.4, 0.5) is 5.69 Å². The standard InChI is InChI=1S/C20H25NO8/c1-9-6-11-7-12(21-10(2)22)18(25)27-14(11)8-13(9)28-19-16(24)15(23)17(26-5)20(3,4)29-19/h6-8,15-17,19,23-24H,1-5H3,(H,21,22)/t15-,16-,17+,19?/m0/s1. The van der Waals surface area contributed by atoms with Crippen molar-refractivity contribution in [2.75, 3.05) is 12.4 Å². The van der Waals surface area contributed by atoms with Crippen LogP contribution in [0, 0.1) is 6.92 Å². The number of aliphatic hydroxyl groups is 2. The average Bonchev–Trinajstić information content (AvgIpc) is 2.61. The number of ether oxygens (including phenoxy) is 3. The summed E-state index contributed by atoms with van der Waals surface area (Å²) in [5, 5.41) is 23.8. The Kier molecular flexibility index (Phi) is 5.68. The molecule has 1 fully saturated rings. The highest BCUT2D eigenvalue weighted by molar-refractivity contribution is 5.91. The summed E-state index contributed by atoms with van der Waals surface area (Å²) < 4.78 is 22.2. The van der Waals surface area contributed by atoms with Gasteiger partial charge in [0.25, 0.3) is 0 Å². The maximum Gasteiger partial charge on any atom is 0.360 e. The van der Waals surface area contributed by atoms with E-state index in [1.165, 1.54) is 26.2 Å². The number of aliphatic hydroxyl groups excluding tert-OH is 2. The predicted molar refractivity (Wildman–Crippen MR) is 104 cm³/mol. The molecule has 1 aliphatic heterocycles. The number of aryl methyl sites for hydroxylation is 1. The van der Waals surface area contributed by atoms with Gasteiger partial charge in [0.15, 0.2) is 0 Å². The SMILES string of the molecule is CO[C@@H]1[C@@H](O)[C@H](O)C(Oc2cc3oc(=O)c(NC(C)=O)cc3cc2C)OC1(C)C. The van der Waals surface area contributed by atoms with Crippen LogP contribution in [0.5, 0.6) is 5.75 Å². The van der Waals surface area contributed by atoms with E-state index in [9.17, 15) is 19.8 Å². The lowest BCUT2D eigenvalue weighted by atomic mass is 9.89. The van der Waals surface area contributed by atoms with E-state index in [4.69, 9.17) is 18.6 Å². The number of nitrogens with one attached hydrogen (secondary N) is 1. The summed E-state index contributed by atoms with van der Waals surface area (Å²) in [5.74, 6) is -0.0665. The number of amides is 1. The van der Waals surface area contributed by atoms with Crippen LogP contribution in [-0.2, 0) is 14.3 Å². The van der Waals surface area contributed by atoms with Gasteiger partial charge in [0.05, 0.1) is 5.60 Å². The number of hydrogen-bond donors (Lipinski definition) is 3. The molecule has 0 aliphatic carbocycles. The topological polar surface area (TPSA) is 127 Å². The van der Waals surface area contributed by atoms with Crippen molar-refractivity contribution in [2.45, 2.75) is 57.9 Å². The van der Waals surface area contributed by atoms with Gasteiger partial charge in [-0.3, -0.25) is 4.79 Å². The van der Waals surface area contributed by atoms with Crippen LogP contribution in [0.2, 0.25) is 0 Å². The first-order valence-corrected chi connectivity index (χ1v) is 9.13. The first kappa shape index (κ1) is 21.3. The molecule has 1 saturated heterocycles. The van der Waals surface area contributed by atoms with Crippen LogP contribution in [-0.4, -0.2) is 53.4 Å². The molecule has 4 atom stereocenters. The Labute approximate surface area is 167 Å². The van der Waals surface area contributed by atoms with Crippen molar-refractivity contribution < 1.29 is 33.6 Å². The summed E-state index contributed by atoms with van der Waals surface area (Å²) in [6.07, 6.45) is -4.46. The fourth-order valence-electron chi connectivity index (χ4n) is 3.50. The van der Waals surface area contributed by atoms with E-state index in [2.05, 4.69) is 5.32 Å². The van der Waals surface area contributed by atoms with Crippen molar-refractivity contribution in [3.63, 3.8) is 0 Å². The van der Waals surface area contributed by atoms with E-state index in [-0.39, 0.29) is 17.2 Å². The van der Waals surface area contributed by atoms with Crippen LogP contribution in [0.15, 0.2) is 27.4 Å². The van der Waals surface area contributed by atoms with Crippen LogP contribution in [0.1, 0.15) is 26.3 Å². The van der Waals surface area contributed by atoms with E-state index in [0.717, 1.165) is 0 Å². The van der Waals surface area contributed by atoms with E-state index < -0.39 is 35.8 Å². The molecule has 9 heteroatoms.